The number of hydrogen-bond donors (Lipinski definition) is 1. The number of para-hydroxylation sites is 2. The molecule has 1 N–H and O–H groups in total. The third-order valence-corrected chi connectivity index (χ3v) is 4.50. The van der Waals surface area contributed by atoms with Crippen molar-refractivity contribution >= 4 is 22.8 Å². The highest BCUT2D eigenvalue weighted by Crippen LogP contribution is 2.22. The Bertz CT molecular complexity index is 863. The molecule has 1 aliphatic rings. The predicted octanol–water partition coefficient (Wildman–Crippen LogP) is 2.77. The maximum atomic E-state index is 12.6. The summed E-state index contributed by atoms with van der Waals surface area (Å²) in [5.74, 6) is 1.80. The summed E-state index contributed by atoms with van der Waals surface area (Å²) >= 11 is 0. The number of anilines is 1. The van der Waals surface area contributed by atoms with E-state index in [1.165, 1.54) is 6.42 Å². The quantitative estimate of drug-likeness (QED) is 0.809. The molecule has 0 aliphatic carbocycles. The number of carbonyl (C=O) groups is 1. The largest absolute Gasteiger partial charge is 0.318 e. The summed E-state index contributed by atoms with van der Waals surface area (Å²) in [6.07, 6.45) is 6.77. The van der Waals surface area contributed by atoms with Crippen LogP contribution in [0.1, 0.15) is 31.6 Å². The summed E-state index contributed by atoms with van der Waals surface area (Å²) in [6, 6.07) is 7.50. The Kier molecular flexibility index (Phi) is 3.37. The Hall–Kier alpha value is -2.63. The van der Waals surface area contributed by atoms with Gasteiger partial charge in [0.2, 0.25) is 5.91 Å². The van der Waals surface area contributed by atoms with Gasteiger partial charge in [0, 0.05) is 13.0 Å². The van der Waals surface area contributed by atoms with Crippen LogP contribution in [0.2, 0.25) is 0 Å². The van der Waals surface area contributed by atoms with E-state index in [0.717, 1.165) is 42.1 Å². The first-order valence-corrected chi connectivity index (χ1v) is 8.01. The van der Waals surface area contributed by atoms with Gasteiger partial charge in [0.1, 0.15) is 17.7 Å². The lowest BCUT2D eigenvalue weighted by molar-refractivity contribution is -0.118. The molecule has 118 valence electrons. The minimum atomic E-state index is -0.336. The van der Waals surface area contributed by atoms with Crippen LogP contribution >= 0.6 is 0 Å². The number of fused-ring (bicyclic) bond motifs is 2. The van der Waals surface area contributed by atoms with Crippen molar-refractivity contribution in [2.75, 3.05) is 5.32 Å². The van der Waals surface area contributed by atoms with Crippen molar-refractivity contribution in [1.82, 2.24) is 19.1 Å². The molecule has 1 atom stereocenters. The van der Waals surface area contributed by atoms with Gasteiger partial charge < -0.3 is 14.5 Å². The van der Waals surface area contributed by atoms with Gasteiger partial charge in [-0.15, -0.1) is 0 Å². The van der Waals surface area contributed by atoms with E-state index in [9.17, 15) is 4.79 Å². The van der Waals surface area contributed by atoms with Gasteiger partial charge in [-0.3, -0.25) is 4.79 Å². The van der Waals surface area contributed by atoms with Gasteiger partial charge in [-0.05, 0) is 31.9 Å². The number of amides is 1. The highest BCUT2D eigenvalue weighted by Gasteiger charge is 2.20. The predicted molar refractivity (Wildman–Crippen MR) is 88.2 cm³/mol. The second-order valence-corrected chi connectivity index (χ2v) is 5.97. The number of aryl methyl sites for hydroxylation is 1. The molecule has 0 saturated carbocycles. The smallest absolute Gasteiger partial charge is 0.248 e. The average Bonchev–Trinajstić information content (AvgIpc) is 3.19. The van der Waals surface area contributed by atoms with Gasteiger partial charge in [-0.25, -0.2) is 9.97 Å². The van der Waals surface area contributed by atoms with Crippen LogP contribution in [-0.4, -0.2) is 25.0 Å². The molecule has 1 aliphatic heterocycles. The number of aromatic nitrogens is 4. The number of hydrogen-bond acceptors (Lipinski definition) is 3. The maximum absolute atomic E-state index is 12.6. The zero-order valence-electron chi connectivity index (χ0n) is 13.1. The van der Waals surface area contributed by atoms with E-state index >= 15 is 0 Å². The molecule has 2 aromatic heterocycles. The Morgan fingerprint density at radius 1 is 1.26 bits per heavy atom. The van der Waals surface area contributed by atoms with Crippen LogP contribution in [0.25, 0.3) is 11.0 Å². The SMILES string of the molecule is C[C@H](C(=O)Nc1cnc2n1CCCC2)n1cnc2ccccc21. The van der Waals surface area contributed by atoms with Crippen molar-refractivity contribution in [2.45, 2.75) is 38.8 Å². The first kappa shape index (κ1) is 14.0. The molecular weight excluding hydrogens is 290 g/mol. The first-order chi connectivity index (χ1) is 11.2. The number of benzene rings is 1. The molecule has 6 heteroatoms. The van der Waals surface area contributed by atoms with Crippen molar-refractivity contribution in [1.29, 1.82) is 0 Å². The van der Waals surface area contributed by atoms with Gasteiger partial charge in [0.05, 0.1) is 23.6 Å². The Morgan fingerprint density at radius 3 is 3.04 bits per heavy atom. The Balaban J connectivity index is 1.58. The van der Waals surface area contributed by atoms with E-state index in [1.54, 1.807) is 12.5 Å². The molecular formula is C17H19N5O. The molecule has 6 nitrogen and oxygen atoms in total. The zero-order chi connectivity index (χ0) is 15.8. The topological polar surface area (TPSA) is 64.7 Å². The molecule has 1 aromatic carbocycles. The summed E-state index contributed by atoms with van der Waals surface area (Å²) < 4.78 is 4.01. The van der Waals surface area contributed by atoms with Crippen LogP contribution in [0.15, 0.2) is 36.8 Å². The van der Waals surface area contributed by atoms with Crippen LogP contribution < -0.4 is 5.32 Å². The summed E-state index contributed by atoms with van der Waals surface area (Å²) in [5, 5.41) is 3.02. The van der Waals surface area contributed by atoms with E-state index in [-0.39, 0.29) is 11.9 Å². The van der Waals surface area contributed by atoms with E-state index in [0.29, 0.717) is 0 Å². The van der Waals surface area contributed by atoms with Gasteiger partial charge in [0.25, 0.3) is 0 Å². The lowest BCUT2D eigenvalue weighted by Gasteiger charge is -2.18. The van der Waals surface area contributed by atoms with Crippen molar-refractivity contribution in [3.8, 4) is 0 Å². The van der Waals surface area contributed by atoms with E-state index < -0.39 is 0 Å². The van der Waals surface area contributed by atoms with E-state index in [4.69, 9.17) is 0 Å². The number of rotatable bonds is 3. The molecule has 0 saturated heterocycles. The minimum Gasteiger partial charge on any atom is -0.318 e. The number of nitrogens with zero attached hydrogens (tertiary/aromatic N) is 4. The molecule has 0 unspecified atom stereocenters. The van der Waals surface area contributed by atoms with Crippen molar-refractivity contribution in [3.05, 3.63) is 42.6 Å². The molecule has 0 fully saturated rings. The number of imidazole rings is 2. The van der Waals surface area contributed by atoms with Crippen LogP contribution in [-0.2, 0) is 17.8 Å². The fourth-order valence-electron chi connectivity index (χ4n) is 3.16. The second kappa shape index (κ2) is 5.53. The monoisotopic (exact) mass is 309 g/mol. The summed E-state index contributed by atoms with van der Waals surface area (Å²) in [5.41, 5.74) is 1.86. The standard InChI is InChI=1S/C17H19N5O/c1-12(22-11-19-13-6-2-3-7-14(13)22)17(23)20-16-10-18-15-8-4-5-9-21(15)16/h2-3,6-7,10-12H,4-5,8-9H2,1H3,(H,20,23)/t12-/m1/s1. The third kappa shape index (κ3) is 2.40. The maximum Gasteiger partial charge on any atom is 0.248 e. The average molecular weight is 309 g/mol. The summed E-state index contributed by atoms with van der Waals surface area (Å²) in [4.78, 5) is 21.4. The van der Waals surface area contributed by atoms with Crippen LogP contribution in [0.5, 0.6) is 0 Å². The lowest BCUT2D eigenvalue weighted by Crippen LogP contribution is -2.25. The first-order valence-electron chi connectivity index (χ1n) is 8.01. The van der Waals surface area contributed by atoms with Crippen molar-refractivity contribution < 1.29 is 4.79 Å². The molecule has 0 bridgehead atoms. The summed E-state index contributed by atoms with van der Waals surface area (Å²) in [6.45, 7) is 2.81. The molecule has 3 heterocycles. The number of carbonyl (C=O) groups excluding carboxylic acids is 1. The molecule has 0 radical (unpaired) electrons. The molecule has 23 heavy (non-hydrogen) atoms. The molecule has 3 aromatic rings. The zero-order valence-corrected chi connectivity index (χ0v) is 13.1. The van der Waals surface area contributed by atoms with E-state index in [1.807, 2.05) is 35.8 Å². The highest BCUT2D eigenvalue weighted by molar-refractivity contribution is 5.93. The molecule has 0 spiro atoms. The normalized spacial score (nSPS) is 15.3. The Labute approximate surface area is 134 Å². The molecule has 1 amide bonds. The van der Waals surface area contributed by atoms with Gasteiger partial charge >= 0.3 is 0 Å². The van der Waals surface area contributed by atoms with Gasteiger partial charge in [0.15, 0.2) is 0 Å². The van der Waals surface area contributed by atoms with Crippen molar-refractivity contribution in [2.24, 2.45) is 0 Å². The molecule has 4 rings (SSSR count). The highest BCUT2D eigenvalue weighted by atomic mass is 16.2. The van der Waals surface area contributed by atoms with Crippen LogP contribution in [0, 0.1) is 0 Å². The fourth-order valence-corrected chi connectivity index (χ4v) is 3.16. The van der Waals surface area contributed by atoms with Crippen LogP contribution in [0.4, 0.5) is 5.82 Å². The van der Waals surface area contributed by atoms with Crippen LogP contribution in [0.3, 0.4) is 0 Å². The lowest BCUT2D eigenvalue weighted by atomic mass is 10.2. The minimum absolute atomic E-state index is 0.0542. The van der Waals surface area contributed by atoms with Gasteiger partial charge in [-0.2, -0.15) is 0 Å². The fraction of sp³-hybridized carbons (Fsp3) is 0.353. The summed E-state index contributed by atoms with van der Waals surface area (Å²) in [7, 11) is 0. The van der Waals surface area contributed by atoms with Gasteiger partial charge in [-0.1, -0.05) is 12.1 Å². The van der Waals surface area contributed by atoms with E-state index in [2.05, 4.69) is 19.9 Å². The Morgan fingerprint density at radius 2 is 2.13 bits per heavy atom. The third-order valence-electron chi connectivity index (χ3n) is 4.50. The number of nitrogens with one attached hydrogen (secondary N) is 1. The van der Waals surface area contributed by atoms with Crippen molar-refractivity contribution in [3.63, 3.8) is 0 Å². The second-order valence-electron chi connectivity index (χ2n) is 5.97.